The number of hydrogen-bond acceptors (Lipinski definition) is 4. The van der Waals surface area contributed by atoms with Gasteiger partial charge in [0, 0.05) is 2.74 Å². The third kappa shape index (κ3) is 5.56. The quantitative estimate of drug-likeness (QED) is 0.475. The first-order valence-electron chi connectivity index (χ1n) is 7.82. The largest absolute Gasteiger partial charge is 0.368 e. The fourth-order valence-corrected chi connectivity index (χ4v) is 1.91. The van der Waals surface area contributed by atoms with E-state index in [1.807, 2.05) is 13.8 Å². The van der Waals surface area contributed by atoms with Crippen LogP contribution in [0.1, 0.15) is 35.8 Å². The van der Waals surface area contributed by atoms with Crippen molar-refractivity contribution in [2.45, 2.75) is 45.1 Å². The van der Waals surface area contributed by atoms with E-state index in [-0.39, 0.29) is 19.0 Å². The third-order valence-corrected chi connectivity index (χ3v) is 2.84. The van der Waals surface area contributed by atoms with Crippen LogP contribution in [0.5, 0.6) is 0 Å². The van der Waals surface area contributed by atoms with Crippen molar-refractivity contribution in [3.8, 4) is 0 Å². The van der Waals surface area contributed by atoms with Crippen molar-refractivity contribution in [2.24, 2.45) is 11.7 Å². The Morgan fingerprint density at radius 1 is 1.45 bits per heavy atom. The van der Waals surface area contributed by atoms with E-state index < -0.39 is 42.6 Å². The predicted octanol–water partition coefficient (Wildman–Crippen LogP) is -1.13. The first kappa shape index (κ1) is 13.4. The predicted molar refractivity (Wildman–Crippen MR) is 74.6 cm³/mol. The second-order valence-electron chi connectivity index (χ2n) is 5.19. The van der Waals surface area contributed by atoms with Crippen molar-refractivity contribution in [3.63, 3.8) is 0 Å². The number of primary amides is 1. The van der Waals surface area contributed by atoms with E-state index in [0.717, 1.165) is 0 Å². The van der Waals surface area contributed by atoms with Gasteiger partial charge in [-0.1, -0.05) is 13.8 Å². The number of carbonyl (C=O) groups is 3. The zero-order valence-corrected chi connectivity index (χ0v) is 11.8. The molecule has 0 saturated carbocycles. The van der Waals surface area contributed by atoms with Crippen molar-refractivity contribution >= 4 is 17.7 Å². The van der Waals surface area contributed by atoms with E-state index >= 15 is 0 Å². The Bertz CT molecular complexity index is 434. The molecule has 0 aromatic rings. The number of rotatable bonds is 7. The Labute approximate surface area is 121 Å². The maximum atomic E-state index is 12.2. The van der Waals surface area contributed by atoms with Crippen LogP contribution in [0.3, 0.4) is 0 Å². The van der Waals surface area contributed by atoms with Gasteiger partial charge in [-0.2, -0.15) is 0 Å². The van der Waals surface area contributed by atoms with Gasteiger partial charge in [-0.25, -0.2) is 0 Å². The number of amides is 3. The van der Waals surface area contributed by atoms with Crippen LogP contribution >= 0.6 is 0 Å². The number of carbonyl (C=O) groups excluding carboxylic acids is 3. The minimum Gasteiger partial charge on any atom is -0.368 e. The Morgan fingerprint density at radius 2 is 2.15 bits per heavy atom. The van der Waals surface area contributed by atoms with E-state index in [1.165, 1.54) is 0 Å². The SMILES string of the molecule is [3H]C1CN[C@H](C(=O)N[C@@H](CC(C)C)C(=O)NCC(N)=O)C1[3H]. The lowest BCUT2D eigenvalue weighted by molar-refractivity contribution is -0.131. The van der Waals surface area contributed by atoms with Gasteiger partial charge in [0.1, 0.15) is 6.04 Å². The molecule has 20 heavy (non-hydrogen) atoms. The molecule has 4 atom stereocenters. The number of hydrogen-bond donors (Lipinski definition) is 4. The van der Waals surface area contributed by atoms with Crippen molar-refractivity contribution in [1.29, 1.82) is 0 Å². The summed E-state index contributed by atoms with van der Waals surface area (Å²) in [6.45, 7) is 3.79. The van der Waals surface area contributed by atoms with Gasteiger partial charge in [-0.15, -0.1) is 0 Å². The van der Waals surface area contributed by atoms with Gasteiger partial charge >= 0.3 is 0 Å². The lowest BCUT2D eigenvalue weighted by atomic mass is 10.0. The van der Waals surface area contributed by atoms with Crippen LogP contribution in [0.4, 0.5) is 0 Å². The number of nitrogens with two attached hydrogens (primary N) is 1. The molecule has 0 bridgehead atoms. The van der Waals surface area contributed by atoms with E-state index in [1.54, 1.807) is 0 Å². The highest BCUT2D eigenvalue weighted by molar-refractivity contribution is 5.91. The summed E-state index contributed by atoms with van der Waals surface area (Å²) in [5, 5.41) is 7.78. The zero-order chi connectivity index (χ0) is 16.9. The smallest absolute Gasteiger partial charge is 0.243 e. The lowest BCUT2D eigenvalue weighted by Crippen LogP contribution is -2.52. The molecule has 1 rings (SSSR count). The van der Waals surface area contributed by atoms with Crippen molar-refractivity contribution < 1.29 is 17.1 Å². The molecule has 0 radical (unpaired) electrons. The topological polar surface area (TPSA) is 113 Å². The fraction of sp³-hybridized carbons (Fsp3) is 0.769. The minimum atomic E-state index is -0.867. The van der Waals surface area contributed by atoms with Gasteiger partial charge in [0.25, 0.3) is 0 Å². The van der Waals surface area contributed by atoms with Crippen molar-refractivity contribution in [3.05, 3.63) is 0 Å². The Balaban J connectivity index is 2.65. The van der Waals surface area contributed by atoms with E-state index in [2.05, 4.69) is 16.0 Å². The van der Waals surface area contributed by atoms with Gasteiger partial charge in [-0.05, 0) is 31.7 Å². The van der Waals surface area contributed by atoms with Gasteiger partial charge < -0.3 is 21.7 Å². The molecular weight excluding hydrogens is 260 g/mol. The molecule has 0 aromatic heterocycles. The summed E-state index contributed by atoms with van der Waals surface area (Å²) in [6, 6.07) is -1.60. The van der Waals surface area contributed by atoms with E-state index in [0.29, 0.717) is 6.42 Å². The van der Waals surface area contributed by atoms with Crippen molar-refractivity contribution in [2.75, 3.05) is 13.1 Å². The van der Waals surface area contributed by atoms with Crippen LogP contribution < -0.4 is 21.7 Å². The summed E-state index contributed by atoms with van der Waals surface area (Å²) in [5.74, 6) is -1.47. The molecule has 2 unspecified atom stereocenters. The fourth-order valence-electron chi connectivity index (χ4n) is 1.91. The minimum absolute atomic E-state index is 0.150. The van der Waals surface area contributed by atoms with Crippen LogP contribution in [0.15, 0.2) is 0 Å². The molecule has 0 spiro atoms. The highest BCUT2D eigenvalue weighted by atomic mass is 16.2. The Kier molecular flexibility index (Phi) is 5.23. The molecule has 0 aromatic carbocycles. The highest BCUT2D eigenvalue weighted by Crippen LogP contribution is 2.08. The van der Waals surface area contributed by atoms with Gasteiger partial charge in [0.15, 0.2) is 0 Å². The molecule has 5 N–H and O–H groups in total. The van der Waals surface area contributed by atoms with Crippen LogP contribution in [0.2, 0.25) is 0 Å². The lowest BCUT2D eigenvalue weighted by Gasteiger charge is -2.21. The molecule has 1 aliphatic rings. The monoisotopic (exact) mass is 288 g/mol. The molecule has 1 saturated heterocycles. The second kappa shape index (κ2) is 7.84. The molecule has 1 heterocycles. The molecule has 3 amide bonds. The second-order valence-corrected chi connectivity index (χ2v) is 5.19. The maximum Gasteiger partial charge on any atom is 0.243 e. The van der Waals surface area contributed by atoms with Crippen molar-refractivity contribution in [1.82, 2.24) is 16.0 Å². The molecular formula is C13H24N4O3. The van der Waals surface area contributed by atoms with E-state index in [4.69, 9.17) is 8.48 Å². The Morgan fingerprint density at radius 3 is 2.65 bits per heavy atom. The average Bonchev–Trinajstić information content (AvgIpc) is 2.75. The standard InChI is InChI=1S/C13H24N4O3/c1-8(2)6-10(12(19)16-7-11(14)18)17-13(20)9-4-3-5-15-9/h8-10,15H,3-7H2,1-2H3,(H2,14,18)(H,16,19)(H,17,20)/t9-,10-/m0/s1/i3T,4T/t3?,4?,9-,10-. The summed E-state index contributed by atoms with van der Waals surface area (Å²) in [7, 11) is 0. The summed E-state index contributed by atoms with van der Waals surface area (Å²) in [6.07, 6.45) is -1.13. The Hall–Kier alpha value is -1.63. The zero-order valence-electron chi connectivity index (χ0n) is 13.8. The van der Waals surface area contributed by atoms with Crippen LogP contribution in [-0.2, 0) is 14.4 Å². The molecule has 7 heteroatoms. The number of nitrogens with one attached hydrogen (secondary N) is 3. The van der Waals surface area contributed by atoms with Crippen LogP contribution in [-0.4, -0.2) is 42.9 Å². The molecule has 7 nitrogen and oxygen atoms in total. The molecule has 114 valence electrons. The van der Waals surface area contributed by atoms with Crippen LogP contribution in [0, 0.1) is 5.92 Å². The summed E-state index contributed by atoms with van der Waals surface area (Å²) in [5.41, 5.74) is 4.98. The normalized spacial score (nSPS) is 28.4. The summed E-state index contributed by atoms with van der Waals surface area (Å²) < 4.78 is 15.4. The summed E-state index contributed by atoms with van der Waals surface area (Å²) in [4.78, 5) is 35.0. The van der Waals surface area contributed by atoms with Crippen LogP contribution in [0.25, 0.3) is 0 Å². The summed E-state index contributed by atoms with van der Waals surface area (Å²) >= 11 is 0. The van der Waals surface area contributed by atoms with Gasteiger partial charge in [0.2, 0.25) is 17.7 Å². The first-order chi connectivity index (χ1) is 10.2. The van der Waals surface area contributed by atoms with Gasteiger partial charge in [-0.3, -0.25) is 14.4 Å². The maximum absolute atomic E-state index is 12.2. The average molecular weight is 288 g/mol. The third-order valence-electron chi connectivity index (χ3n) is 2.84. The molecule has 1 fully saturated rings. The molecule has 1 aliphatic heterocycles. The first-order valence-corrected chi connectivity index (χ1v) is 6.66. The molecule has 0 aliphatic carbocycles. The van der Waals surface area contributed by atoms with E-state index in [9.17, 15) is 14.4 Å². The highest BCUT2D eigenvalue weighted by Gasteiger charge is 2.27. The van der Waals surface area contributed by atoms with Gasteiger partial charge in [0.05, 0.1) is 12.6 Å².